The van der Waals surface area contributed by atoms with Gasteiger partial charge in [0.1, 0.15) is 17.4 Å². The molecule has 0 saturated carbocycles. The molecule has 2 aromatic heterocycles. The Kier molecular flexibility index (Phi) is 6.10. The Balaban J connectivity index is 1.51. The molecule has 32 heavy (non-hydrogen) atoms. The van der Waals surface area contributed by atoms with Crippen LogP contribution in [-0.2, 0) is 9.53 Å². The van der Waals surface area contributed by atoms with Crippen LogP contribution in [0, 0.1) is 32.1 Å². The Morgan fingerprint density at radius 2 is 1.88 bits per heavy atom. The molecule has 0 radical (unpaired) electrons. The van der Waals surface area contributed by atoms with E-state index in [1.165, 1.54) is 0 Å². The standard InChI is InChI=1S/C24H25N5O3/c1-16-12-19(18(3)29(16)23-13-17(2)32-27-23)14-20(15-25)24(30)26-21-4-6-22(7-5-21)28-8-10-31-11-9-28/h4-7,12-14H,8-11H2,1-3H3,(H,26,30)/b20-14+. The number of hydrogen-bond donors (Lipinski definition) is 1. The number of rotatable bonds is 5. The van der Waals surface area contributed by atoms with Crippen molar-refractivity contribution < 1.29 is 14.1 Å². The lowest BCUT2D eigenvalue weighted by atomic mass is 10.1. The molecule has 1 fully saturated rings. The van der Waals surface area contributed by atoms with E-state index in [1.54, 1.807) is 6.08 Å². The number of nitrogens with zero attached hydrogens (tertiary/aromatic N) is 4. The Morgan fingerprint density at radius 1 is 1.16 bits per heavy atom. The maximum atomic E-state index is 12.7. The monoisotopic (exact) mass is 431 g/mol. The van der Waals surface area contributed by atoms with Crippen molar-refractivity contribution in [2.75, 3.05) is 36.5 Å². The Bertz CT molecular complexity index is 1190. The number of amides is 1. The average molecular weight is 431 g/mol. The first-order valence-electron chi connectivity index (χ1n) is 10.4. The van der Waals surface area contributed by atoms with Crippen molar-refractivity contribution in [2.45, 2.75) is 20.8 Å². The van der Waals surface area contributed by atoms with Gasteiger partial charge in [-0.25, -0.2) is 0 Å². The molecule has 1 saturated heterocycles. The lowest BCUT2D eigenvalue weighted by Crippen LogP contribution is -2.36. The average Bonchev–Trinajstić information content (AvgIpc) is 3.34. The number of carbonyl (C=O) groups excluding carboxylic acids is 1. The fraction of sp³-hybridized carbons (Fsp3) is 0.292. The minimum absolute atomic E-state index is 0.0267. The maximum Gasteiger partial charge on any atom is 0.266 e. The second-order valence-electron chi connectivity index (χ2n) is 7.73. The van der Waals surface area contributed by atoms with Gasteiger partial charge in [0.05, 0.1) is 13.2 Å². The summed E-state index contributed by atoms with van der Waals surface area (Å²) in [5.41, 5.74) is 4.32. The number of carbonyl (C=O) groups is 1. The number of benzene rings is 1. The minimum atomic E-state index is -0.450. The zero-order valence-electron chi connectivity index (χ0n) is 18.4. The number of anilines is 2. The van der Waals surface area contributed by atoms with Gasteiger partial charge in [0.15, 0.2) is 5.82 Å². The van der Waals surface area contributed by atoms with Crippen LogP contribution in [0.2, 0.25) is 0 Å². The Morgan fingerprint density at radius 3 is 2.50 bits per heavy atom. The summed E-state index contributed by atoms with van der Waals surface area (Å²) < 4.78 is 12.5. The van der Waals surface area contributed by atoms with Crippen LogP contribution >= 0.6 is 0 Å². The van der Waals surface area contributed by atoms with Gasteiger partial charge in [-0.1, -0.05) is 5.16 Å². The van der Waals surface area contributed by atoms with E-state index in [4.69, 9.17) is 9.26 Å². The third-order valence-electron chi connectivity index (χ3n) is 5.48. The van der Waals surface area contributed by atoms with Gasteiger partial charge in [-0.2, -0.15) is 5.26 Å². The molecule has 0 bridgehead atoms. The number of morpholine rings is 1. The summed E-state index contributed by atoms with van der Waals surface area (Å²) in [4.78, 5) is 15.0. The highest BCUT2D eigenvalue weighted by atomic mass is 16.5. The normalized spacial score (nSPS) is 14.3. The van der Waals surface area contributed by atoms with Gasteiger partial charge in [0.25, 0.3) is 5.91 Å². The molecule has 164 valence electrons. The largest absolute Gasteiger partial charge is 0.378 e. The van der Waals surface area contributed by atoms with E-state index < -0.39 is 5.91 Å². The van der Waals surface area contributed by atoms with E-state index in [0.717, 1.165) is 35.7 Å². The van der Waals surface area contributed by atoms with Crippen LogP contribution < -0.4 is 10.2 Å². The summed E-state index contributed by atoms with van der Waals surface area (Å²) >= 11 is 0. The topological polar surface area (TPSA) is 96.3 Å². The van der Waals surface area contributed by atoms with E-state index in [9.17, 15) is 10.1 Å². The lowest BCUT2D eigenvalue weighted by Gasteiger charge is -2.28. The van der Waals surface area contributed by atoms with Crippen molar-refractivity contribution in [2.24, 2.45) is 0 Å². The lowest BCUT2D eigenvalue weighted by molar-refractivity contribution is -0.112. The molecule has 3 aromatic rings. The van der Waals surface area contributed by atoms with Gasteiger partial charge in [-0.05, 0) is 62.7 Å². The summed E-state index contributed by atoms with van der Waals surface area (Å²) in [6.07, 6.45) is 1.60. The van der Waals surface area contributed by atoms with Crippen molar-refractivity contribution in [3.05, 3.63) is 64.7 Å². The van der Waals surface area contributed by atoms with E-state index in [0.29, 0.717) is 30.5 Å². The second-order valence-corrected chi connectivity index (χ2v) is 7.73. The Labute approximate surface area is 186 Å². The quantitative estimate of drug-likeness (QED) is 0.488. The van der Waals surface area contributed by atoms with E-state index in [1.807, 2.05) is 67.8 Å². The Hall–Kier alpha value is -3.83. The molecule has 1 aliphatic rings. The van der Waals surface area contributed by atoms with Crippen LogP contribution in [-0.4, -0.2) is 41.9 Å². The third-order valence-corrected chi connectivity index (χ3v) is 5.48. The van der Waals surface area contributed by atoms with E-state index in [2.05, 4.69) is 15.4 Å². The molecule has 1 amide bonds. The van der Waals surface area contributed by atoms with Gasteiger partial charge in [-0.3, -0.25) is 9.36 Å². The third kappa shape index (κ3) is 4.43. The number of aryl methyl sites for hydroxylation is 2. The molecule has 8 heteroatoms. The minimum Gasteiger partial charge on any atom is -0.378 e. The number of nitrogens with one attached hydrogen (secondary N) is 1. The molecule has 0 aliphatic carbocycles. The van der Waals surface area contributed by atoms with Gasteiger partial charge in [0, 0.05) is 41.9 Å². The van der Waals surface area contributed by atoms with Crippen LogP contribution in [0.5, 0.6) is 0 Å². The molecule has 3 heterocycles. The van der Waals surface area contributed by atoms with Gasteiger partial charge in [-0.15, -0.1) is 0 Å². The summed E-state index contributed by atoms with van der Waals surface area (Å²) in [5.74, 6) is 0.926. The van der Waals surface area contributed by atoms with E-state index in [-0.39, 0.29) is 5.57 Å². The van der Waals surface area contributed by atoms with Gasteiger partial charge < -0.3 is 19.5 Å². The number of hydrogen-bond acceptors (Lipinski definition) is 6. The number of ether oxygens (including phenoxy) is 1. The molecule has 4 rings (SSSR count). The molecule has 1 aliphatic heterocycles. The molecule has 0 atom stereocenters. The van der Waals surface area contributed by atoms with Gasteiger partial charge in [0.2, 0.25) is 0 Å². The molecular weight excluding hydrogens is 406 g/mol. The smallest absolute Gasteiger partial charge is 0.266 e. The van der Waals surface area contributed by atoms with Crippen molar-refractivity contribution in [1.82, 2.24) is 9.72 Å². The molecular formula is C24H25N5O3. The van der Waals surface area contributed by atoms with Crippen molar-refractivity contribution in [3.63, 3.8) is 0 Å². The molecule has 1 aromatic carbocycles. The predicted molar refractivity (Wildman–Crippen MR) is 122 cm³/mol. The molecule has 1 N–H and O–H groups in total. The number of nitriles is 1. The second kappa shape index (κ2) is 9.12. The summed E-state index contributed by atoms with van der Waals surface area (Å²) in [6.45, 7) is 8.81. The summed E-state index contributed by atoms with van der Waals surface area (Å²) in [5, 5.41) is 16.5. The highest BCUT2D eigenvalue weighted by Gasteiger charge is 2.16. The zero-order valence-corrected chi connectivity index (χ0v) is 18.4. The van der Waals surface area contributed by atoms with Crippen molar-refractivity contribution in [3.8, 4) is 11.9 Å². The first kappa shape index (κ1) is 21.4. The number of aromatic nitrogens is 2. The van der Waals surface area contributed by atoms with Crippen LogP contribution in [0.3, 0.4) is 0 Å². The first-order valence-corrected chi connectivity index (χ1v) is 10.4. The van der Waals surface area contributed by atoms with Crippen LogP contribution in [0.4, 0.5) is 11.4 Å². The van der Waals surface area contributed by atoms with Crippen LogP contribution in [0.1, 0.15) is 22.7 Å². The maximum absolute atomic E-state index is 12.7. The summed E-state index contributed by atoms with van der Waals surface area (Å²) in [7, 11) is 0. The van der Waals surface area contributed by atoms with Crippen molar-refractivity contribution >= 4 is 23.4 Å². The van der Waals surface area contributed by atoms with Gasteiger partial charge >= 0.3 is 0 Å². The fourth-order valence-electron chi connectivity index (χ4n) is 3.82. The highest BCUT2D eigenvalue weighted by Crippen LogP contribution is 2.24. The summed E-state index contributed by atoms with van der Waals surface area (Å²) in [6, 6.07) is 13.4. The first-order chi connectivity index (χ1) is 15.5. The SMILES string of the molecule is Cc1cc(-n2c(C)cc(/C=C(\C#N)C(=O)Nc3ccc(N4CCOCC4)cc3)c2C)no1. The molecule has 0 spiro atoms. The fourth-order valence-corrected chi connectivity index (χ4v) is 3.82. The van der Waals surface area contributed by atoms with Crippen LogP contribution in [0.25, 0.3) is 11.9 Å². The predicted octanol–water partition coefficient (Wildman–Crippen LogP) is 3.77. The molecule has 0 unspecified atom stereocenters. The zero-order chi connectivity index (χ0) is 22.7. The van der Waals surface area contributed by atoms with Crippen LogP contribution in [0.15, 0.2) is 46.5 Å². The molecule has 8 nitrogen and oxygen atoms in total. The van der Waals surface area contributed by atoms with E-state index >= 15 is 0 Å². The van der Waals surface area contributed by atoms with Crippen molar-refractivity contribution in [1.29, 1.82) is 5.26 Å². The highest BCUT2D eigenvalue weighted by molar-refractivity contribution is 6.09.